The van der Waals surface area contributed by atoms with Crippen LogP contribution in [-0.2, 0) is 29.2 Å². The maximum absolute atomic E-state index is 12.1. The Kier molecular flexibility index (Phi) is 18.0. The molecule has 29 heavy (non-hydrogen) atoms. The van der Waals surface area contributed by atoms with Crippen LogP contribution in [0, 0.1) is 11.8 Å². The number of hydrogen-bond donors (Lipinski definition) is 0. The van der Waals surface area contributed by atoms with Gasteiger partial charge in [-0.05, 0) is 51.4 Å². The monoisotopic (exact) mass is 440 g/mol. The van der Waals surface area contributed by atoms with E-state index in [-0.39, 0.29) is 54.6 Å². The van der Waals surface area contributed by atoms with E-state index < -0.39 is 33.7 Å². The number of carbonyl (C=O) groups excluding carboxylic acids is 2. The van der Waals surface area contributed by atoms with Crippen molar-refractivity contribution in [1.29, 1.82) is 0 Å². The summed E-state index contributed by atoms with van der Waals surface area (Å²) in [5.41, 5.74) is 0. The summed E-state index contributed by atoms with van der Waals surface area (Å²) in [6.45, 7) is 7.70. The molecule has 0 amide bonds. The molecule has 0 spiro atoms. The Balaban J connectivity index is 0. The Bertz CT molecular complexity index is 629. The molecule has 0 bridgehead atoms. The van der Waals surface area contributed by atoms with Crippen molar-refractivity contribution < 1.29 is 61.6 Å². The van der Waals surface area contributed by atoms with Gasteiger partial charge in [0.25, 0.3) is 0 Å². The maximum atomic E-state index is 12.1. The fraction of sp³-hybridized carbons (Fsp3) is 0.700. The van der Waals surface area contributed by atoms with Crippen molar-refractivity contribution in [2.24, 2.45) is 11.8 Å². The fourth-order valence-corrected chi connectivity index (χ4v) is 3.02. The molecule has 0 aromatic heterocycles. The third-order valence-corrected chi connectivity index (χ3v) is 5.53. The van der Waals surface area contributed by atoms with Gasteiger partial charge in [-0.25, -0.2) is 8.42 Å². The molecule has 0 aliphatic carbocycles. The quantitative estimate of drug-likeness (QED) is 0.166. The van der Waals surface area contributed by atoms with Crippen LogP contribution in [0.5, 0.6) is 0 Å². The minimum atomic E-state index is -5.04. The first-order valence-electron chi connectivity index (χ1n) is 9.68. The van der Waals surface area contributed by atoms with E-state index in [1.54, 1.807) is 0 Å². The Labute approximate surface area is 197 Å². The first-order chi connectivity index (χ1) is 13.2. The zero-order chi connectivity index (χ0) is 21.6. The van der Waals surface area contributed by atoms with Gasteiger partial charge in [-0.2, -0.15) is 0 Å². The Morgan fingerprint density at radius 1 is 0.931 bits per heavy atom. The van der Waals surface area contributed by atoms with Gasteiger partial charge in [-0.15, -0.1) is 0 Å². The number of carbonyl (C=O) groups is 2. The van der Waals surface area contributed by atoms with Gasteiger partial charge in [0, 0.05) is 0 Å². The Morgan fingerprint density at radius 2 is 1.38 bits per heavy atom. The van der Waals surface area contributed by atoms with Gasteiger partial charge in [0.15, 0.2) is 5.25 Å². The normalized spacial score (nSPS) is 14.9. The second-order valence-electron chi connectivity index (χ2n) is 6.66. The summed E-state index contributed by atoms with van der Waals surface area (Å²) in [7, 11) is -5.04. The summed E-state index contributed by atoms with van der Waals surface area (Å²) in [6, 6.07) is 0. The molecule has 0 heterocycles. The van der Waals surface area contributed by atoms with Crippen molar-refractivity contribution in [2.45, 2.75) is 65.0 Å². The summed E-state index contributed by atoms with van der Waals surface area (Å²) in [6.07, 6.45) is 9.66. The van der Waals surface area contributed by atoms with Crippen molar-refractivity contribution in [2.75, 3.05) is 13.2 Å². The van der Waals surface area contributed by atoms with E-state index in [4.69, 9.17) is 9.47 Å². The first-order valence-corrected chi connectivity index (χ1v) is 11.2. The maximum Gasteiger partial charge on any atom is 1.00 e. The molecule has 3 unspecified atom stereocenters. The predicted octanol–water partition coefficient (Wildman–Crippen LogP) is 0.366. The van der Waals surface area contributed by atoms with Crippen molar-refractivity contribution in [3.05, 3.63) is 24.3 Å². The van der Waals surface area contributed by atoms with Crippen LogP contribution in [0.25, 0.3) is 0 Å². The van der Waals surface area contributed by atoms with Crippen LogP contribution >= 0.6 is 0 Å². The molecule has 0 aliphatic rings. The molecule has 0 rings (SSSR count). The smallest absolute Gasteiger partial charge is 0.747 e. The Morgan fingerprint density at radius 3 is 1.76 bits per heavy atom. The van der Waals surface area contributed by atoms with Crippen LogP contribution in [-0.4, -0.2) is 43.4 Å². The molecule has 3 atom stereocenters. The number of hydrogen-bond acceptors (Lipinski definition) is 7. The summed E-state index contributed by atoms with van der Waals surface area (Å²) in [5.74, 6) is -2.00. The number of rotatable bonds is 14. The molecule has 0 aliphatic heterocycles. The molecular weight excluding hydrogens is 407 g/mol. The van der Waals surface area contributed by atoms with Gasteiger partial charge >= 0.3 is 41.5 Å². The van der Waals surface area contributed by atoms with E-state index in [2.05, 4.69) is 0 Å². The van der Waals surface area contributed by atoms with Gasteiger partial charge in [-0.1, -0.05) is 38.2 Å². The minimum absolute atomic E-state index is 0. The van der Waals surface area contributed by atoms with Crippen LogP contribution in [0.15, 0.2) is 24.3 Å². The third kappa shape index (κ3) is 14.0. The molecular formula is C20H33NaO7S. The largest absolute Gasteiger partial charge is 1.00 e. The van der Waals surface area contributed by atoms with Gasteiger partial charge < -0.3 is 14.0 Å². The molecule has 0 aromatic rings. The van der Waals surface area contributed by atoms with Crippen LogP contribution < -0.4 is 29.6 Å². The summed E-state index contributed by atoms with van der Waals surface area (Å²) in [4.78, 5) is 24.1. The topological polar surface area (TPSA) is 110 Å². The molecule has 9 heteroatoms. The second-order valence-corrected chi connectivity index (χ2v) is 8.21. The van der Waals surface area contributed by atoms with Crippen LogP contribution in [0.2, 0.25) is 0 Å². The molecule has 7 nitrogen and oxygen atoms in total. The zero-order valence-electron chi connectivity index (χ0n) is 18.3. The zero-order valence-corrected chi connectivity index (χ0v) is 21.1. The van der Waals surface area contributed by atoms with Crippen molar-refractivity contribution in [1.82, 2.24) is 0 Å². The standard InChI is InChI=1S/C20H34O7S.Na/c1-5-9-11-16(7-3)14-26-19(21)13-18(28(23,24)25)20(22)27-15-17(8-4)12-10-6-2;/h5-6,9-10,16-18H,7-8,11-15H2,1-4H3,(H,23,24,25);/q;+1/p-1/b9-5+,10-6+;. The van der Waals surface area contributed by atoms with Crippen LogP contribution in [0.1, 0.15) is 59.8 Å². The van der Waals surface area contributed by atoms with E-state index in [0.717, 1.165) is 19.3 Å². The van der Waals surface area contributed by atoms with Crippen LogP contribution in [0.3, 0.4) is 0 Å². The van der Waals surface area contributed by atoms with Gasteiger partial charge in [0.05, 0.1) is 19.6 Å². The van der Waals surface area contributed by atoms with Gasteiger partial charge in [0.2, 0.25) is 0 Å². The van der Waals surface area contributed by atoms with E-state index in [1.807, 2.05) is 52.0 Å². The SMILES string of the molecule is C/C=C/CC(CC)COC(=O)CC(C(=O)OCC(CC)C/C=C/C)S(=O)(=O)[O-].[Na+]. The van der Waals surface area contributed by atoms with Gasteiger partial charge in [-0.3, -0.25) is 9.59 Å². The molecule has 0 saturated carbocycles. The first kappa shape index (κ1) is 30.5. The van der Waals surface area contributed by atoms with E-state index in [1.165, 1.54) is 0 Å². The number of esters is 2. The Hall–Kier alpha value is -0.670. The molecule has 0 aromatic carbocycles. The van der Waals surface area contributed by atoms with E-state index in [0.29, 0.717) is 6.42 Å². The number of ether oxygens (including phenoxy) is 2. The molecule has 0 fully saturated rings. The average Bonchev–Trinajstić information content (AvgIpc) is 2.65. The molecule has 162 valence electrons. The van der Waals surface area contributed by atoms with Gasteiger partial charge in [0.1, 0.15) is 10.1 Å². The fourth-order valence-electron chi connectivity index (χ4n) is 2.38. The molecule has 0 N–H and O–H groups in total. The van der Waals surface area contributed by atoms with Crippen molar-refractivity contribution in [3.63, 3.8) is 0 Å². The van der Waals surface area contributed by atoms with Crippen molar-refractivity contribution in [3.8, 4) is 0 Å². The minimum Gasteiger partial charge on any atom is -0.747 e. The predicted molar refractivity (Wildman–Crippen MR) is 106 cm³/mol. The third-order valence-electron chi connectivity index (χ3n) is 4.47. The second kappa shape index (κ2) is 17.1. The molecule has 0 radical (unpaired) electrons. The summed E-state index contributed by atoms with van der Waals surface area (Å²) >= 11 is 0. The van der Waals surface area contributed by atoms with E-state index in [9.17, 15) is 22.6 Å². The number of allylic oxidation sites excluding steroid dienone is 4. The average molecular weight is 441 g/mol. The van der Waals surface area contributed by atoms with Crippen molar-refractivity contribution >= 4 is 22.1 Å². The van der Waals surface area contributed by atoms with E-state index >= 15 is 0 Å². The summed E-state index contributed by atoms with van der Waals surface area (Å²) < 4.78 is 44.4. The summed E-state index contributed by atoms with van der Waals surface area (Å²) in [5, 5.41) is -2.09. The van der Waals surface area contributed by atoms with Crippen LogP contribution in [0.4, 0.5) is 0 Å². The molecule has 0 saturated heterocycles.